The molecule has 0 fully saturated rings. The fourth-order valence-corrected chi connectivity index (χ4v) is 2.61. The molecule has 0 amide bonds. The lowest BCUT2D eigenvalue weighted by atomic mass is 9.98. The Bertz CT molecular complexity index is 769. The molecule has 0 aromatic heterocycles. The number of fused-ring (bicyclic) bond motifs is 1. The number of rotatable bonds is 4. The zero-order valence-electron chi connectivity index (χ0n) is 12.2. The molecule has 0 bridgehead atoms. The summed E-state index contributed by atoms with van der Waals surface area (Å²) in [6, 6.07) is 22.0. The van der Waals surface area contributed by atoms with Crippen molar-refractivity contribution in [2.75, 3.05) is 0 Å². The third kappa shape index (κ3) is 2.87. The van der Waals surface area contributed by atoms with Gasteiger partial charge >= 0.3 is 0 Å². The number of benzene rings is 3. The van der Waals surface area contributed by atoms with Gasteiger partial charge in [0.15, 0.2) is 5.78 Å². The van der Waals surface area contributed by atoms with Crippen LogP contribution in [0.15, 0.2) is 66.7 Å². The molecule has 0 aliphatic carbocycles. The average Bonchev–Trinajstić information content (AvgIpc) is 2.55. The van der Waals surface area contributed by atoms with E-state index in [9.17, 15) is 4.79 Å². The van der Waals surface area contributed by atoms with E-state index in [1.165, 1.54) is 5.56 Å². The monoisotopic (exact) mass is 274 g/mol. The molecule has 104 valence electrons. The lowest BCUT2D eigenvalue weighted by Crippen LogP contribution is -2.01. The van der Waals surface area contributed by atoms with E-state index >= 15 is 0 Å². The van der Waals surface area contributed by atoms with Crippen molar-refractivity contribution in [1.29, 1.82) is 0 Å². The van der Waals surface area contributed by atoms with Crippen molar-refractivity contribution in [1.82, 2.24) is 0 Å². The topological polar surface area (TPSA) is 17.1 Å². The molecule has 3 aromatic carbocycles. The Hall–Kier alpha value is -2.41. The molecule has 3 rings (SSSR count). The summed E-state index contributed by atoms with van der Waals surface area (Å²) in [6.07, 6.45) is 2.18. The van der Waals surface area contributed by atoms with Crippen LogP contribution < -0.4 is 0 Å². The lowest BCUT2D eigenvalue weighted by Gasteiger charge is -2.05. The summed E-state index contributed by atoms with van der Waals surface area (Å²) in [5, 5.41) is 2.26. The highest BCUT2D eigenvalue weighted by atomic mass is 16.1. The Labute approximate surface area is 125 Å². The van der Waals surface area contributed by atoms with Crippen LogP contribution in [0.3, 0.4) is 0 Å². The SMILES string of the molecule is CCCc1ccc(C(=O)c2ccc3ccccc3c2)cc1. The summed E-state index contributed by atoms with van der Waals surface area (Å²) in [5.74, 6) is 0.0869. The molecule has 0 saturated heterocycles. The van der Waals surface area contributed by atoms with Gasteiger partial charge in [0, 0.05) is 11.1 Å². The van der Waals surface area contributed by atoms with E-state index in [1.807, 2.05) is 48.5 Å². The van der Waals surface area contributed by atoms with E-state index < -0.39 is 0 Å². The maximum atomic E-state index is 12.6. The molecule has 0 heterocycles. The molecule has 1 nitrogen and oxygen atoms in total. The van der Waals surface area contributed by atoms with E-state index in [1.54, 1.807) is 0 Å². The number of hydrogen-bond acceptors (Lipinski definition) is 1. The van der Waals surface area contributed by atoms with Gasteiger partial charge < -0.3 is 0 Å². The van der Waals surface area contributed by atoms with Crippen molar-refractivity contribution in [3.05, 3.63) is 83.4 Å². The van der Waals surface area contributed by atoms with Crippen LogP contribution in [0.4, 0.5) is 0 Å². The van der Waals surface area contributed by atoms with E-state index in [2.05, 4.69) is 25.1 Å². The minimum Gasteiger partial charge on any atom is -0.289 e. The van der Waals surface area contributed by atoms with Gasteiger partial charge in [-0.1, -0.05) is 74.0 Å². The molecule has 21 heavy (non-hydrogen) atoms. The van der Waals surface area contributed by atoms with Gasteiger partial charge in [0.05, 0.1) is 0 Å². The van der Waals surface area contributed by atoms with Crippen molar-refractivity contribution < 1.29 is 4.79 Å². The largest absolute Gasteiger partial charge is 0.289 e. The van der Waals surface area contributed by atoms with Gasteiger partial charge in [0.25, 0.3) is 0 Å². The second-order valence-electron chi connectivity index (χ2n) is 5.34. The summed E-state index contributed by atoms with van der Waals surface area (Å²) in [7, 11) is 0. The molecular formula is C20H18O. The van der Waals surface area contributed by atoms with Crippen molar-refractivity contribution in [2.45, 2.75) is 19.8 Å². The van der Waals surface area contributed by atoms with E-state index in [4.69, 9.17) is 0 Å². The second-order valence-corrected chi connectivity index (χ2v) is 5.34. The zero-order valence-corrected chi connectivity index (χ0v) is 12.2. The smallest absolute Gasteiger partial charge is 0.193 e. The first-order chi connectivity index (χ1) is 10.3. The van der Waals surface area contributed by atoms with Crippen LogP contribution in [0.1, 0.15) is 34.8 Å². The van der Waals surface area contributed by atoms with Crippen molar-refractivity contribution in [3.63, 3.8) is 0 Å². The van der Waals surface area contributed by atoms with Gasteiger partial charge in [-0.2, -0.15) is 0 Å². The number of carbonyl (C=O) groups excluding carboxylic acids is 1. The number of aryl methyl sites for hydroxylation is 1. The number of carbonyl (C=O) groups is 1. The predicted octanol–water partition coefficient (Wildman–Crippen LogP) is 5.02. The Morgan fingerprint density at radius 2 is 1.48 bits per heavy atom. The molecule has 0 saturated carbocycles. The summed E-state index contributed by atoms with van der Waals surface area (Å²) in [4.78, 5) is 12.6. The first kappa shape index (κ1) is 13.6. The van der Waals surface area contributed by atoms with Crippen LogP contribution in [0, 0.1) is 0 Å². The zero-order chi connectivity index (χ0) is 14.7. The van der Waals surface area contributed by atoms with Gasteiger partial charge in [-0.3, -0.25) is 4.79 Å². The van der Waals surface area contributed by atoms with Crippen LogP contribution in [-0.2, 0) is 6.42 Å². The maximum Gasteiger partial charge on any atom is 0.193 e. The molecule has 0 aliphatic heterocycles. The van der Waals surface area contributed by atoms with Crippen molar-refractivity contribution in [3.8, 4) is 0 Å². The van der Waals surface area contributed by atoms with Crippen LogP contribution >= 0.6 is 0 Å². The molecule has 0 unspecified atom stereocenters. The van der Waals surface area contributed by atoms with Crippen LogP contribution in [0.2, 0.25) is 0 Å². The van der Waals surface area contributed by atoms with Gasteiger partial charge in [-0.05, 0) is 28.8 Å². The standard InChI is InChI=1S/C20H18O/c1-2-5-15-8-10-17(11-9-15)20(21)19-13-12-16-6-3-4-7-18(16)14-19/h3-4,6-14H,2,5H2,1H3. The van der Waals surface area contributed by atoms with Gasteiger partial charge in [0.2, 0.25) is 0 Å². The van der Waals surface area contributed by atoms with Crippen LogP contribution in [0.5, 0.6) is 0 Å². The summed E-state index contributed by atoms with van der Waals surface area (Å²) < 4.78 is 0. The van der Waals surface area contributed by atoms with Crippen LogP contribution in [0.25, 0.3) is 10.8 Å². The molecule has 3 aromatic rings. The minimum absolute atomic E-state index is 0.0869. The molecule has 0 aliphatic rings. The van der Waals surface area contributed by atoms with Gasteiger partial charge in [0.1, 0.15) is 0 Å². The molecule has 0 N–H and O–H groups in total. The van der Waals surface area contributed by atoms with E-state index in [0.29, 0.717) is 0 Å². The molecule has 1 heteroatoms. The fourth-order valence-electron chi connectivity index (χ4n) is 2.61. The van der Waals surface area contributed by atoms with Crippen molar-refractivity contribution in [2.24, 2.45) is 0 Å². The van der Waals surface area contributed by atoms with E-state index in [-0.39, 0.29) is 5.78 Å². The van der Waals surface area contributed by atoms with Gasteiger partial charge in [-0.15, -0.1) is 0 Å². The van der Waals surface area contributed by atoms with E-state index in [0.717, 1.165) is 34.7 Å². The average molecular weight is 274 g/mol. The minimum atomic E-state index is 0.0869. The third-order valence-corrected chi connectivity index (χ3v) is 3.77. The summed E-state index contributed by atoms with van der Waals surface area (Å²) in [5.41, 5.74) is 2.79. The molecule has 0 atom stereocenters. The lowest BCUT2D eigenvalue weighted by molar-refractivity contribution is 0.103. The number of hydrogen-bond donors (Lipinski definition) is 0. The fraction of sp³-hybridized carbons (Fsp3) is 0.150. The highest BCUT2D eigenvalue weighted by Gasteiger charge is 2.09. The molecule has 0 radical (unpaired) electrons. The summed E-state index contributed by atoms with van der Waals surface area (Å²) >= 11 is 0. The second kappa shape index (κ2) is 5.92. The predicted molar refractivity (Wildman–Crippen MR) is 87.8 cm³/mol. The normalized spacial score (nSPS) is 10.7. The van der Waals surface area contributed by atoms with Crippen molar-refractivity contribution >= 4 is 16.6 Å². The first-order valence-corrected chi connectivity index (χ1v) is 7.40. The Balaban J connectivity index is 1.92. The molecule has 0 spiro atoms. The summed E-state index contributed by atoms with van der Waals surface area (Å²) in [6.45, 7) is 2.16. The maximum absolute atomic E-state index is 12.6. The number of ketones is 1. The highest BCUT2D eigenvalue weighted by molar-refractivity contribution is 6.10. The Morgan fingerprint density at radius 1 is 0.810 bits per heavy atom. The van der Waals surface area contributed by atoms with Gasteiger partial charge in [-0.25, -0.2) is 0 Å². The Kier molecular flexibility index (Phi) is 3.83. The molecular weight excluding hydrogens is 256 g/mol. The first-order valence-electron chi connectivity index (χ1n) is 7.40. The Morgan fingerprint density at radius 3 is 2.19 bits per heavy atom. The quantitative estimate of drug-likeness (QED) is 0.610. The van der Waals surface area contributed by atoms with Crippen LogP contribution in [-0.4, -0.2) is 5.78 Å². The third-order valence-electron chi connectivity index (χ3n) is 3.77. The highest BCUT2D eigenvalue weighted by Crippen LogP contribution is 2.18.